The Balaban J connectivity index is 2.07. The molecular weight excluding hydrogens is 359 g/mol. The fourth-order valence-electron chi connectivity index (χ4n) is 4.24. The minimum Gasteiger partial charge on any atom is -0.477 e. The number of pyridine rings is 1. The summed E-state index contributed by atoms with van der Waals surface area (Å²) in [5, 5.41) is 9.48. The molecule has 0 bridgehead atoms. The lowest BCUT2D eigenvalue weighted by Gasteiger charge is -2.29. The highest BCUT2D eigenvalue weighted by Crippen LogP contribution is 2.29. The Morgan fingerprint density at radius 2 is 1.96 bits per heavy atom. The smallest absolute Gasteiger partial charge is 0.341 e. The number of fused-ring (bicyclic) bond motifs is 1. The molecule has 0 aliphatic heterocycles. The highest BCUT2D eigenvalue weighted by atomic mass is 19.1. The van der Waals surface area contributed by atoms with Crippen molar-refractivity contribution < 1.29 is 14.3 Å². The number of aromatic carboxylic acids is 1. The molecule has 0 unspecified atom stereocenters. The summed E-state index contributed by atoms with van der Waals surface area (Å²) >= 11 is 0. The Morgan fingerprint density at radius 3 is 2.57 bits per heavy atom. The van der Waals surface area contributed by atoms with Crippen LogP contribution in [0.3, 0.4) is 0 Å². The minimum absolute atomic E-state index is 0.118. The zero-order chi connectivity index (χ0) is 20.4. The van der Waals surface area contributed by atoms with Crippen LogP contribution < -0.4 is 10.3 Å². The van der Waals surface area contributed by atoms with Gasteiger partial charge in [-0.25, -0.2) is 9.18 Å². The molecule has 3 rings (SSSR count). The number of aromatic nitrogens is 1. The van der Waals surface area contributed by atoms with Gasteiger partial charge in [0.15, 0.2) is 0 Å². The topological polar surface area (TPSA) is 62.5 Å². The molecule has 0 saturated heterocycles. The molecule has 28 heavy (non-hydrogen) atoms. The molecule has 0 radical (unpaired) electrons. The van der Waals surface area contributed by atoms with E-state index in [-0.39, 0.29) is 16.9 Å². The highest BCUT2D eigenvalue weighted by Gasteiger charge is 2.21. The van der Waals surface area contributed by atoms with Gasteiger partial charge in [0.05, 0.1) is 11.2 Å². The van der Waals surface area contributed by atoms with Crippen molar-refractivity contribution in [1.29, 1.82) is 0 Å². The van der Waals surface area contributed by atoms with Crippen LogP contribution in [0.5, 0.6) is 0 Å². The van der Waals surface area contributed by atoms with E-state index in [2.05, 4.69) is 0 Å². The van der Waals surface area contributed by atoms with Gasteiger partial charge in [0.1, 0.15) is 11.4 Å². The fraction of sp³-hybridized carbons (Fsp3) is 0.545. The second-order valence-corrected chi connectivity index (χ2v) is 8.43. The van der Waals surface area contributed by atoms with Crippen LogP contribution in [0.1, 0.15) is 56.3 Å². The van der Waals surface area contributed by atoms with Gasteiger partial charge >= 0.3 is 5.97 Å². The number of benzene rings is 1. The van der Waals surface area contributed by atoms with Crippen LogP contribution in [-0.4, -0.2) is 29.2 Å². The third-order valence-corrected chi connectivity index (χ3v) is 5.61. The molecule has 1 aromatic carbocycles. The van der Waals surface area contributed by atoms with Gasteiger partial charge in [-0.15, -0.1) is 0 Å². The van der Waals surface area contributed by atoms with E-state index in [9.17, 15) is 19.1 Å². The standard InChI is InChI=1S/C22H29FN2O3/c1-14(2)11-25-13-17(22(27)28)21(26)16-9-18(23)20(10-19(16)25)24(3)12-15-7-5-4-6-8-15/h9-10,13-15H,4-8,11-12H2,1-3H3,(H,27,28). The molecule has 2 aromatic rings. The molecular formula is C22H29FN2O3. The predicted molar refractivity (Wildman–Crippen MR) is 110 cm³/mol. The first-order chi connectivity index (χ1) is 13.3. The van der Waals surface area contributed by atoms with Gasteiger partial charge in [-0.2, -0.15) is 0 Å². The summed E-state index contributed by atoms with van der Waals surface area (Å²) < 4.78 is 16.7. The van der Waals surface area contributed by atoms with Crippen molar-refractivity contribution in [3.8, 4) is 0 Å². The summed E-state index contributed by atoms with van der Waals surface area (Å²) in [5.74, 6) is -0.966. The van der Waals surface area contributed by atoms with Crippen LogP contribution in [0.15, 0.2) is 23.1 Å². The quantitative estimate of drug-likeness (QED) is 0.791. The van der Waals surface area contributed by atoms with Crippen LogP contribution in [0.4, 0.5) is 10.1 Å². The number of halogens is 1. The Labute approximate surface area is 164 Å². The lowest BCUT2D eigenvalue weighted by atomic mass is 9.89. The molecule has 0 atom stereocenters. The molecule has 6 heteroatoms. The number of rotatable bonds is 6. The second-order valence-electron chi connectivity index (χ2n) is 8.43. The minimum atomic E-state index is -1.29. The van der Waals surface area contributed by atoms with Crippen LogP contribution >= 0.6 is 0 Å². The van der Waals surface area contributed by atoms with Crippen LogP contribution in [0.2, 0.25) is 0 Å². The van der Waals surface area contributed by atoms with Crippen molar-refractivity contribution in [3.63, 3.8) is 0 Å². The first-order valence-corrected chi connectivity index (χ1v) is 10.1. The predicted octanol–water partition coefficient (Wildman–Crippen LogP) is 4.51. The lowest BCUT2D eigenvalue weighted by molar-refractivity contribution is 0.0694. The zero-order valence-electron chi connectivity index (χ0n) is 16.9. The summed E-state index contributed by atoms with van der Waals surface area (Å²) in [6.45, 7) is 5.37. The van der Waals surface area contributed by atoms with E-state index in [1.54, 1.807) is 10.6 Å². The van der Waals surface area contributed by atoms with Crippen molar-refractivity contribution in [1.82, 2.24) is 4.57 Å². The number of anilines is 1. The van der Waals surface area contributed by atoms with Gasteiger partial charge in [-0.3, -0.25) is 4.79 Å². The largest absolute Gasteiger partial charge is 0.477 e. The molecule has 1 aliphatic rings. The molecule has 5 nitrogen and oxygen atoms in total. The molecule has 0 amide bonds. The molecule has 1 aliphatic carbocycles. The van der Waals surface area contributed by atoms with Gasteiger partial charge in [-0.1, -0.05) is 33.1 Å². The number of carboxylic acid groups (broad SMARTS) is 1. The Hall–Kier alpha value is -2.37. The van der Waals surface area contributed by atoms with Crippen molar-refractivity contribution in [2.45, 2.75) is 52.5 Å². The summed E-state index contributed by atoms with van der Waals surface area (Å²) in [6, 6.07) is 2.90. The van der Waals surface area contributed by atoms with Gasteiger partial charge in [0.2, 0.25) is 5.43 Å². The number of carboxylic acids is 1. The second kappa shape index (κ2) is 8.33. The number of hydrogen-bond acceptors (Lipinski definition) is 3. The first kappa shape index (κ1) is 20.4. The van der Waals surface area contributed by atoms with Crippen LogP contribution in [0.25, 0.3) is 10.9 Å². The average molecular weight is 388 g/mol. The van der Waals surface area contributed by atoms with E-state index < -0.39 is 17.2 Å². The molecule has 1 fully saturated rings. The van der Waals surface area contributed by atoms with Gasteiger partial charge < -0.3 is 14.6 Å². The van der Waals surface area contributed by atoms with Crippen LogP contribution in [-0.2, 0) is 6.54 Å². The molecule has 1 saturated carbocycles. The Bertz CT molecular complexity index is 930. The van der Waals surface area contributed by atoms with Crippen LogP contribution in [0, 0.1) is 17.7 Å². The summed E-state index contributed by atoms with van der Waals surface area (Å²) in [7, 11) is 1.88. The van der Waals surface area contributed by atoms with Gasteiger partial charge in [0.25, 0.3) is 0 Å². The summed E-state index contributed by atoms with van der Waals surface area (Å²) in [4.78, 5) is 26.0. The van der Waals surface area contributed by atoms with E-state index in [1.165, 1.54) is 44.4 Å². The average Bonchev–Trinajstić information content (AvgIpc) is 2.64. The number of hydrogen-bond donors (Lipinski definition) is 1. The van der Waals surface area contributed by atoms with E-state index in [0.29, 0.717) is 23.7 Å². The van der Waals surface area contributed by atoms with E-state index in [0.717, 1.165) is 6.54 Å². The third kappa shape index (κ3) is 4.21. The normalized spacial score (nSPS) is 15.3. The summed E-state index contributed by atoms with van der Waals surface area (Å²) in [5.41, 5.74) is 0.0763. The van der Waals surface area contributed by atoms with Gasteiger partial charge in [-0.05, 0) is 36.8 Å². The highest BCUT2D eigenvalue weighted by molar-refractivity contribution is 5.93. The van der Waals surface area contributed by atoms with E-state index >= 15 is 0 Å². The maximum atomic E-state index is 14.9. The third-order valence-electron chi connectivity index (χ3n) is 5.61. The molecule has 1 aromatic heterocycles. The molecule has 0 spiro atoms. The van der Waals surface area contributed by atoms with Crippen molar-refractivity contribution >= 4 is 22.6 Å². The number of carbonyl (C=O) groups is 1. The maximum absolute atomic E-state index is 14.9. The molecule has 152 valence electrons. The lowest BCUT2D eigenvalue weighted by Crippen LogP contribution is -2.28. The van der Waals surface area contributed by atoms with E-state index in [4.69, 9.17) is 0 Å². The molecule has 1 heterocycles. The number of nitrogens with zero attached hydrogens (tertiary/aromatic N) is 2. The molecule has 1 N–H and O–H groups in total. The van der Waals surface area contributed by atoms with E-state index in [1.807, 2.05) is 25.8 Å². The van der Waals surface area contributed by atoms with Crippen molar-refractivity contribution in [3.05, 3.63) is 39.9 Å². The first-order valence-electron chi connectivity index (χ1n) is 10.1. The zero-order valence-corrected chi connectivity index (χ0v) is 16.9. The van der Waals surface area contributed by atoms with Crippen molar-refractivity contribution in [2.24, 2.45) is 11.8 Å². The van der Waals surface area contributed by atoms with Gasteiger partial charge in [0, 0.05) is 31.7 Å². The monoisotopic (exact) mass is 388 g/mol. The maximum Gasteiger partial charge on any atom is 0.341 e. The fourth-order valence-corrected chi connectivity index (χ4v) is 4.24. The van der Waals surface area contributed by atoms with Crippen molar-refractivity contribution in [2.75, 3.05) is 18.5 Å². The SMILES string of the molecule is CC(C)Cn1cc(C(=O)O)c(=O)c2cc(F)c(N(C)CC3CCCCC3)cc21. The Morgan fingerprint density at radius 1 is 1.29 bits per heavy atom. The summed E-state index contributed by atoms with van der Waals surface area (Å²) in [6.07, 6.45) is 7.45. The Kier molecular flexibility index (Phi) is 6.06.